The molecule has 0 aliphatic rings. The van der Waals surface area contributed by atoms with E-state index in [2.05, 4.69) is 9.97 Å². The van der Waals surface area contributed by atoms with Gasteiger partial charge in [0.25, 0.3) is 0 Å². The van der Waals surface area contributed by atoms with Gasteiger partial charge in [0, 0.05) is 22.7 Å². The van der Waals surface area contributed by atoms with Crippen molar-refractivity contribution in [2.45, 2.75) is 13.1 Å². The molecular weight excluding hydrogens is 421 g/mol. The number of carboxylic acid groups (broad SMARTS) is 1. The minimum absolute atomic E-state index is 0.0849. The molecule has 0 bridgehead atoms. The number of aromatic nitrogens is 2. The number of halogens is 3. The van der Waals surface area contributed by atoms with Crippen LogP contribution in [0.2, 0.25) is 0 Å². The lowest BCUT2D eigenvalue weighted by Gasteiger charge is -2.12. The van der Waals surface area contributed by atoms with Gasteiger partial charge in [-0.05, 0) is 43.3 Å². The molecule has 8 heteroatoms. The number of benzene rings is 2. The van der Waals surface area contributed by atoms with Crippen molar-refractivity contribution in [3.8, 4) is 28.3 Å². The third-order valence-electron chi connectivity index (χ3n) is 4.89. The molecule has 0 aliphatic heterocycles. The molecule has 4 rings (SSSR count). The topological polar surface area (TPSA) is 72.3 Å². The maximum absolute atomic E-state index is 13.1. The molecule has 5 nitrogen and oxygen atoms in total. The Hall–Kier alpha value is -3.94. The fourth-order valence-corrected chi connectivity index (χ4v) is 3.40. The SMILES string of the molecule is CCOc1ccccc1-c1ccc(-c2cc(C(=O)O)c3cc(C(F)(F)F)ccc3n2)nc1. The Balaban J connectivity index is 1.78. The second-order valence-electron chi connectivity index (χ2n) is 6.95. The number of carbonyl (C=O) groups is 1. The van der Waals surface area contributed by atoms with Crippen molar-refractivity contribution in [1.29, 1.82) is 0 Å². The van der Waals surface area contributed by atoms with Crippen molar-refractivity contribution in [1.82, 2.24) is 9.97 Å². The summed E-state index contributed by atoms with van der Waals surface area (Å²) >= 11 is 0. The summed E-state index contributed by atoms with van der Waals surface area (Å²) in [5.41, 5.74) is 1.23. The summed E-state index contributed by atoms with van der Waals surface area (Å²) in [5, 5.41) is 9.49. The molecule has 0 fully saturated rings. The number of ether oxygens (including phenoxy) is 1. The van der Waals surface area contributed by atoms with Gasteiger partial charge in [-0.15, -0.1) is 0 Å². The number of rotatable bonds is 5. The van der Waals surface area contributed by atoms with Crippen molar-refractivity contribution in [3.63, 3.8) is 0 Å². The third kappa shape index (κ3) is 4.12. The molecule has 0 amide bonds. The van der Waals surface area contributed by atoms with Gasteiger partial charge in [-0.2, -0.15) is 13.2 Å². The van der Waals surface area contributed by atoms with Crippen LogP contribution in [0.5, 0.6) is 5.75 Å². The Morgan fingerprint density at radius 1 is 1.03 bits per heavy atom. The Morgan fingerprint density at radius 3 is 2.47 bits per heavy atom. The molecule has 4 aromatic rings. The van der Waals surface area contributed by atoms with E-state index in [0.29, 0.717) is 18.1 Å². The predicted octanol–water partition coefficient (Wildman–Crippen LogP) is 6.08. The highest BCUT2D eigenvalue weighted by molar-refractivity contribution is 6.03. The smallest absolute Gasteiger partial charge is 0.416 e. The lowest BCUT2D eigenvalue weighted by Crippen LogP contribution is -2.06. The van der Waals surface area contributed by atoms with E-state index in [9.17, 15) is 23.1 Å². The molecule has 0 aliphatic carbocycles. The van der Waals surface area contributed by atoms with Gasteiger partial charge in [0.05, 0.1) is 34.6 Å². The monoisotopic (exact) mass is 438 g/mol. The van der Waals surface area contributed by atoms with Gasteiger partial charge in [-0.25, -0.2) is 9.78 Å². The molecule has 0 spiro atoms. The van der Waals surface area contributed by atoms with Crippen LogP contribution in [0.3, 0.4) is 0 Å². The zero-order valence-electron chi connectivity index (χ0n) is 16.8. The Kier molecular flexibility index (Phi) is 5.52. The molecule has 32 heavy (non-hydrogen) atoms. The van der Waals surface area contributed by atoms with E-state index in [1.54, 1.807) is 18.3 Å². The minimum atomic E-state index is -4.59. The average Bonchev–Trinajstić information content (AvgIpc) is 2.78. The van der Waals surface area contributed by atoms with E-state index in [4.69, 9.17) is 4.74 Å². The van der Waals surface area contributed by atoms with Gasteiger partial charge >= 0.3 is 12.1 Å². The van der Waals surface area contributed by atoms with E-state index < -0.39 is 17.7 Å². The van der Waals surface area contributed by atoms with Crippen molar-refractivity contribution in [3.05, 3.63) is 78.0 Å². The van der Waals surface area contributed by atoms with E-state index in [0.717, 1.165) is 23.3 Å². The number of pyridine rings is 2. The molecule has 0 unspecified atom stereocenters. The van der Waals surface area contributed by atoms with E-state index in [1.807, 2.05) is 31.2 Å². The fraction of sp³-hybridized carbons (Fsp3) is 0.125. The van der Waals surface area contributed by atoms with E-state index in [-0.39, 0.29) is 22.2 Å². The first kappa shape index (κ1) is 21.3. The lowest BCUT2D eigenvalue weighted by molar-refractivity contribution is -0.137. The molecule has 0 saturated heterocycles. The number of hydrogen-bond donors (Lipinski definition) is 1. The third-order valence-corrected chi connectivity index (χ3v) is 4.89. The molecule has 2 aromatic heterocycles. The molecule has 0 saturated carbocycles. The van der Waals surface area contributed by atoms with Gasteiger partial charge in [0.15, 0.2) is 0 Å². The molecule has 2 heterocycles. The standard InChI is InChI=1S/C24H17F3N2O3/c1-2-32-22-6-4-3-5-16(22)14-7-9-20(28-13-14)21-12-18(23(30)31)17-11-15(24(25,26)27)8-10-19(17)29-21/h3-13H,2H2,1H3,(H,30,31). The van der Waals surface area contributed by atoms with Crippen LogP contribution in [0, 0.1) is 0 Å². The van der Waals surface area contributed by atoms with Crippen LogP contribution in [-0.2, 0) is 6.18 Å². The zero-order chi connectivity index (χ0) is 22.9. The van der Waals surface area contributed by atoms with Crippen molar-refractivity contribution in [2.75, 3.05) is 6.61 Å². The first-order valence-corrected chi connectivity index (χ1v) is 9.72. The highest BCUT2D eigenvalue weighted by Gasteiger charge is 2.31. The average molecular weight is 438 g/mol. The molecular formula is C24H17F3N2O3. The van der Waals surface area contributed by atoms with Gasteiger partial charge < -0.3 is 9.84 Å². The summed E-state index contributed by atoms with van der Waals surface area (Å²) in [6, 6.07) is 15.1. The zero-order valence-corrected chi connectivity index (χ0v) is 16.8. The summed E-state index contributed by atoms with van der Waals surface area (Å²) in [5.74, 6) is -0.637. The van der Waals surface area contributed by atoms with Crippen LogP contribution in [0.4, 0.5) is 13.2 Å². The first-order chi connectivity index (χ1) is 15.3. The van der Waals surface area contributed by atoms with Crippen LogP contribution in [0.25, 0.3) is 33.4 Å². The number of fused-ring (bicyclic) bond motifs is 1. The number of hydrogen-bond acceptors (Lipinski definition) is 4. The summed E-state index contributed by atoms with van der Waals surface area (Å²) in [6.07, 6.45) is -2.97. The summed E-state index contributed by atoms with van der Waals surface area (Å²) in [7, 11) is 0. The number of para-hydroxylation sites is 1. The summed E-state index contributed by atoms with van der Waals surface area (Å²) < 4.78 is 44.8. The maximum Gasteiger partial charge on any atom is 0.416 e. The molecule has 2 aromatic carbocycles. The van der Waals surface area contributed by atoms with Crippen molar-refractivity contribution >= 4 is 16.9 Å². The van der Waals surface area contributed by atoms with Crippen LogP contribution in [0.15, 0.2) is 66.9 Å². The summed E-state index contributed by atoms with van der Waals surface area (Å²) in [6.45, 7) is 2.40. The quantitative estimate of drug-likeness (QED) is 0.409. The summed E-state index contributed by atoms with van der Waals surface area (Å²) in [4.78, 5) is 20.5. The normalized spacial score (nSPS) is 11.5. The van der Waals surface area contributed by atoms with Crippen molar-refractivity contribution < 1.29 is 27.8 Å². The Bertz CT molecular complexity index is 1300. The van der Waals surface area contributed by atoms with Crippen LogP contribution < -0.4 is 4.74 Å². The molecule has 0 atom stereocenters. The number of alkyl halides is 3. The largest absolute Gasteiger partial charge is 0.493 e. The van der Waals surface area contributed by atoms with Crippen LogP contribution in [0.1, 0.15) is 22.8 Å². The van der Waals surface area contributed by atoms with Crippen molar-refractivity contribution in [2.24, 2.45) is 0 Å². The second kappa shape index (κ2) is 8.30. The predicted molar refractivity (Wildman–Crippen MR) is 114 cm³/mol. The van der Waals surface area contributed by atoms with E-state index in [1.165, 1.54) is 12.1 Å². The molecule has 0 radical (unpaired) electrons. The molecule has 162 valence electrons. The number of carboxylic acids is 1. The van der Waals surface area contributed by atoms with Gasteiger partial charge in [-0.1, -0.05) is 24.3 Å². The highest BCUT2D eigenvalue weighted by atomic mass is 19.4. The Morgan fingerprint density at radius 2 is 1.81 bits per heavy atom. The highest BCUT2D eigenvalue weighted by Crippen LogP contribution is 2.34. The van der Waals surface area contributed by atoms with E-state index >= 15 is 0 Å². The first-order valence-electron chi connectivity index (χ1n) is 9.72. The van der Waals surface area contributed by atoms with Gasteiger partial charge in [0.2, 0.25) is 0 Å². The molecule has 1 N–H and O–H groups in total. The number of nitrogens with zero attached hydrogens (tertiary/aromatic N) is 2. The van der Waals surface area contributed by atoms with Gasteiger partial charge in [0.1, 0.15) is 5.75 Å². The fourth-order valence-electron chi connectivity index (χ4n) is 3.40. The Labute approximate surface area is 181 Å². The minimum Gasteiger partial charge on any atom is -0.493 e. The second-order valence-corrected chi connectivity index (χ2v) is 6.95. The van der Waals surface area contributed by atoms with Gasteiger partial charge in [-0.3, -0.25) is 4.98 Å². The van der Waals surface area contributed by atoms with Crippen LogP contribution in [-0.4, -0.2) is 27.7 Å². The van der Waals surface area contributed by atoms with Crippen LogP contribution >= 0.6 is 0 Å². The lowest BCUT2D eigenvalue weighted by atomic mass is 10.0. The maximum atomic E-state index is 13.1. The number of aromatic carboxylic acids is 1.